The first-order valence-corrected chi connectivity index (χ1v) is 9.36. The zero-order chi connectivity index (χ0) is 20.7. The summed E-state index contributed by atoms with van der Waals surface area (Å²) in [6.45, 7) is 6.38. The molecule has 0 fully saturated rings. The minimum absolute atomic E-state index is 0.0757. The molecule has 150 valence electrons. The maximum Gasteiger partial charge on any atom is 0.256 e. The van der Waals surface area contributed by atoms with E-state index in [1.54, 1.807) is 25.7 Å². The van der Waals surface area contributed by atoms with Crippen molar-refractivity contribution >= 4 is 17.5 Å². The van der Waals surface area contributed by atoms with Crippen LogP contribution in [0.2, 0.25) is 0 Å². The van der Waals surface area contributed by atoms with Gasteiger partial charge in [-0.3, -0.25) is 9.59 Å². The summed E-state index contributed by atoms with van der Waals surface area (Å²) in [6.07, 6.45) is 0.647. The van der Waals surface area contributed by atoms with Gasteiger partial charge in [0.2, 0.25) is 5.91 Å². The van der Waals surface area contributed by atoms with Crippen LogP contribution in [-0.2, 0) is 11.2 Å². The number of nitrogens with zero attached hydrogens (tertiary/aromatic N) is 1. The fourth-order valence-electron chi connectivity index (χ4n) is 2.64. The van der Waals surface area contributed by atoms with Crippen LogP contribution in [0.3, 0.4) is 0 Å². The highest BCUT2D eigenvalue weighted by atomic mass is 19.1. The molecular weight excluding hydrogens is 357 g/mol. The van der Waals surface area contributed by atoms with Gasteiger partial charge in [-0.1, -0.05) is 51.1 Å². The molecule has 0 aliphatic rings. The molecule has 0 aliphatic carbocycles. The molecule has 2 aromatic carbocycles. The van der Waals surface area contributed by atoms with Crippen molar-refractivity contribution in [3.63, 3.8) is 0 Å². The van der Waals surface area contributed by atoms with Crippen LogP contribution >= 0.6 is 0 Å². The predicted octanol–water partition coefficient (Wildman–Crippen LogP) is 3.45. The highest BCUT2D eigenvalue weighted by molar-refractivity contribution is 5.98. The van der Waals surface area contributed by atoms with Crippen LogP contribution in [0.25, 0.3) is 0 Å². The zero-order valence-corrected chi connectivity index (χ0v) is 16.7. The average molecular weight is 385 g/mol. The maximum atomic E-state index is 14.4. The molecule has 2 amide bonds. The number of carbonyl (C=O) groups excluding carboxylic acids is 2. The van der Waals surface area contributed by atoms with Gasteiger partial charge in [0, 0.05) is 30.7 Å². The standard InChI is InChI=1S/C22H28FN3O2/c1-22(2,3)21(28)25-17-9-10-19(23)18(15-17)20(27)26(14-12-24)13-11-16-7-5-4-6-8-16/h4-10,15H,11-14,24H2,1-3H3,(H,25,28). The van der Waals surface area contributed by atoms with Crippen molar-refractivity contribution in [2.75, 3.05) is 25.0 Å². The normalized spacial score (nSPS) is 11.2. The predicted molar refractivity (Wildman–Crippen MR) is 110 cm³/mol. The first-order chi connectivity index (χ1) is 13.2. The van der Waals surface area contributed by atoms with Crippen LogP contribution in [0.1, 0.15) is 36.7 Å². The smallest absolute Gasteiger partial charge is 0.256 e. The van der Waals surface area contributed by atoms with Gasteiger partial charge in [-0.2, -0.15) is 0 Å². The summed E-state index contributed by atoms with van der Waals surface area (Å²) < 4.78 is 14.4. The Balaban J connectivity index is 2.18. The van der Waals surface area contributed by atoms with Crippen molar-refractivity contribution in [1.29, 1.82) is 0 Å². The molecule has 3 N–H and O–H groups in total. The lowest BCUT2D eigenvalue weighted by Crippen LogP contribution is -2.37. The summed E-state index contributed by atoms with van der Waals surface area (Å²) in [7, 11) is 0. The van der Waals surface area contributed by atoms with E-state index >= 15 is 0 Å². The fraction of sp³-hybridized carbons (Fsp3) is 0.364. The number of nitrogens with two attached hydrogens (primary N) is 1. The van der Waals surface area contributed by atoms with Crippen molar-refractivity contribution in [2.45, 2.75) is 27.2 Å². The molecule has 28 heavy (non-hydrogen) atoms. The number of benzene rings is 2. The van der Waals surface area contributed by atoms with Gasteiger partial charge in [0.1, 0.15) is 5.82 Å². The van der Waals surface area contributed by atoms with Crippen LogP contribution in [-0.4, -0.2) is 36.3 Å². The molecule has 0 heterocycles. The monoisotopic (exact) mass is 385 g/mol. The molecule has 0 unspecified atom stereocenters. The van der Waals surface area contributed by atoms with E-state index < -0.39 is 17.1 Å². The highest BCUT2D eigenvalue weighted by Crippen LogP contribution is 2.21. The van der Waals surface area contributed by atoms with Crippen molar-refractivity contribution in [3.05, 3.63) is 65.5 Å². The lowest BCUT2D eigenvalue weighted by molar-refractivity contribution is -0.123. The van der Waals surface area contributed by atoms with Gasteiger partial charge in [0.25, 0.3) is 5.91 Å². The lowest BCUT2D eigenvalue weighted by atomic mass is 9.95. The third kappa shape index (κ3) is 5.89. The molecule has 2 rings (SSSR count). The molecule has 0 aliphatic heterocycles. The van der Waals surface area contributed by atoms with Gasteiger partial charge >= 0.3 is 0 Å². The fourth-order valence-corrected chi connectivity index (χ4v) is 2.64. The van der Waals surface area contributed by atoms with Crippen LogP contribution < -0.4 is 11.1 Å². The Morgan fingerprint density at radius 3 is 2.36 bits per heavy atom. The van der Waals surface area contributed by atoms with Crippen molar-refractivity contribution in [3.8, 4) is 0 Å². The van der Waals surface area contributed by atoms with Gasteiger partial charge in [-0.05, 0) is 30.2 Å². The number of halogens is 1. The molecule has 0 aromatic heterocycles. The third-order valence-electron chi connectivity index (χ3n) is 4.34. The average Bonchev–Trinajstić information content (AvgIpc) is 2.66. The second kappa shape index (κ2) is 9.46. The second-order valence-electron chi connectivity index (χ2n) is 7.72. The van der Waals surface area contributed by atoms with Gasteiger partial charge in [0.15, 0.2) is 0 Å². The van der Waals surface area contributed by atoms with E-state index in [1.165, 1.54) is 18.2 Å². The van der Waals surface area contributed by atoms with E-state index in [1.807, 2.05) is 30.3 Å². The lowest BCUT2D eigenvalue weighted by Gasteiger charge is -2.23. The zero-order valence-electron chi connectivity index (χ0n) is 16.7. The molecular formula is C22H28FN3O2. The number of anilines is 1. The molecule has 0 saturated heterocycles. The third-order valence-corrected chi connectivity index (χ3v) is 4.34. The highest BCUT2D eigenvalue weighted by Gasteiger charge is 2.23. The number of amides is 2. The van der Waals surface area contributed by atoms with Gasteiger partial charge in [-0.25, -0.2) is 4.39 Å². The van der Waals surface area contributed by atoms with Crippen molar-refractivity contribution in [1.82, 2.24) is 4.90 Å². The minimum atomic E-state index is -0.625. The van der Waals surface area contributed by atoms with Gasteiger partial charge in [0.05, 0.1) is 5.56 Å². The number of rotatable bonds is 7. The summed E-state index contributed by atoms with van der Waals surface area (Å²) in [5.41, 5.74) is 6.45. The molecule has 0 saturated carbocycles. The molecule has 0 atom stereocenters. The number of hydrogen-bond donors (Lipinski definition) is 2. The molecule has 6 heteroatoms. The Morgan fingerprint density at radius 2 is 1.75 bits per heavy atom. The first-order valence-electron chi connectivity index (χ1n) is 9.36. The number of nitrogens with one attached hydrogen (secondary N) is 1. The Hall–Kier alpha value is -2.73. The quantitative estimate of drug-likeness (QED) is 0.766. The summed E-state index contributed by atoms with van der Waals surface area (Å²) in [5.74, 6) is -1.27. The summed E-state index contributed by atoms with van der Waals surface area (Å²) >= 11 is 0. The summed E-state index contributed by atoms with van der Waals surface area (Å²) in [5, 5.41) is 2.73. The molecule has 0 radical (unpaired) electrons. The van der Waals surface area contributed by atoms with Crippen LogP contribution in [0.15, 0.2) is 48.5 Å². The Kier molecular flexibility index (Phi) is 7.29. The van der Waals surface area contributed by atoms with Crippen LogP contribution in [0.5, 0.6) is 0 Å². The summed E-state index contributed by atoms with van der Waals surface area (Å²) in [4.78, 5) is 26.7. The van der Waals surface area contributed by atoms with E-state index in [0.29, 0.717) is 25.2 Å². The molecule has 0 bridgehead atoms. The topological polar surface area (TPSA) is 75.4 Å². The van der Waals surface area contributed by atoms with Crippen LogP contribution in [0, 0.1) is 11.2 Å². The SMILES string of the molecule is CC(C)(C)C(=O)Nc1ccc(F)c(C(=O)N(CCN)CCc2ccccc2)c1. The van der Waals surface area contributed by atoms with E-state index in [-0.39, 0.29) is 18.0 Å². The number of carbonyl (C=O) groups is 2. The van der Waals surface area contributed by atoms with Gasteiger partial charge in [-0.15, -0.1) is 0 Å². The van der Waals surface area contributed by atoms with E-state index in [4.69, 9.17) is 5.73 Å². The Morgan fingerprint density at radius 1 is 1.07 bits per heavy atom. The van der Waals surface area contributed by atoms with Crippen molar-refractivity contribution in [2.24, 2.45) is 11.1 Å². The second-order valence-corrected chi connectivity index (χ2v) is 7.72. The van der Waals surface area contributed by atoms with Gasteiger partial charge < -0.3 is 16.0 Å². The summed E-state index contributed by atoms with van der Waals surface area (Å²) in [6, 6.07) is 13.8. The minimum Gasteiger partial charge on any atom is -0.337 e. The first kappa shape index (κ1) is 21.6. The Labute approximate surface area is 165 Å². The van der Waals surface area contributed by atoms with Crippen LogP contribution in [0.4, 0.5) is 10.1 Å². The number of hydrogen-bond acceptors (Lipinski definition) is 3. The van der Waals surface area contributed by atoms with E-state index in [2.05, 4.69) is 5.32 Å². The van der Waals surface area contributed by atoms with E-state index in [9.17, 15) is 14.0 Å². The molecule has 2 aromatic rings. The largest absolute Gasteiger partial charge is 0.337 e. The van der Waals surface area contributed by atoms with Crippen molar-refractivity contribution < 1.29 is 14.0 Å². The molecule has 0 spiro atoms. The Bertz CT molecular complexity index is 816. The molecule has 5 nitrogen and oxygen atoms in total. The maximum absolute atomic E-state index is 14.4. The van der Waals surface area contributed by atoms with E-state index in [0.717, 1.165) is 5.56 Å².